The number of aromatic nitrogens is 1. The van der Waals surface area contributed by atoms with E-state index in [1.54, 1.807) is 6.07 Å². The summed E-state index contributed by atoms with van der Waals surface area (Å²) in [4.78, 5) is 30.7. The van der Waals surface area contributed by atoms with Crippen molar-refractivity contribution in [2.45, 2.75) is 25.7 Å². The summed E-state index contributed by atoms with van der Waals surface area (Å²) in [5.41, 5.74) is 1.32. The summed E-state index contributed by atoms with van der Waals surface area (Å²) in [5.74, 6) is -1.73. The van der Waals surface area contributed by atoms with E-state index in [0.29, 0.717) is 29.1 Å². The lowest BCUT2D eigenvalue weighted by molar-refractivity contribution is 0.0697. The molecule has 1 aliphatic heterocycles. The second-order valence-electron chi connectivity index (χ2n) is 7.94. The number of hydrogen-bond acceptors (Lipinski definition) is 5. The summed E-state index contributed by atoms with van der Waals surface area (Å²) in [7, 11) is 2.04. The van der Waals surface area contributed by atoms with Crippen molar-refractivity contribution >= 4 is 38.7 Å². The van der Waals surface area contributed by atoms with Crippen LogP contribution in [0.2, 0.25) is 0 Å². The van der Waals surface area contributed by atoms with Crippen molar-refractivity contribution in [3.8, 4) is 0 Å². The van der Waals surface area contributed by atoms with E-state index >= 15 is 4.39 Å². The average Bonchev–Trinajstić information content (AvgIpc) is 3.07. The van der Waals surface area contributed by atoms with Crippen molar-refractivity contribution in [1.82, 2.24) is 9.30 Å². The van der Waals surface area contributed by atoms with Gasteiger partial charge in [-0.05, 0) is 44.9 Å². The lowest BCUT2D eigenvalue weighted by atomic mass is 10.0. The van der Waals surface area contributed by atoms with E-state index < -0.39 is 17.2 Å². The van der Waals surface area contributed by atoms with Gasteiger partial charge in [-0.1, -0.05) is 0 Å². The Morgan fingerprint density at radius 2 is 1.86 bits per heavy atom. The van der Waals surface area contributed by atoms with Gasteiger partial charge in [-0.2, -0.15) is 0 Å². The molecule has 152 valence electrons. The van der Waals surface area contributed by atoms with Crippen LogP contribution in [0.4, 0.5) is 10.1 Å². The summed E-state index contributed by atoms with van der Waals surface area (Å²) in [6.45, 7) is 3.12. The molecule has 1 saturated heterocycles. The van der Waals surface area contributed by atoms with E-state index in [-0.39, 0.29) is 10.9 Å². The Morgan fingerprint density at radius 3 is 2.59 bits per heavy atom. The molecule has 6 nitrogen and oxygen atoms in total. The molecule has 0 saturated carbocycles. The number of carboxylic acids is 1. The van der Waals surface area contributed by atoms with E-state index in [9.17, 15) is 14.7 Å². The number of aromatic carboxylic acids is 1. The fourth-order valence-electron chi connectivity index (χ4n) is 4.54. The van der Waals surface area contributed by atoms with Gasteiger partial charge in [0.05, 0.1) is 16.6 Å². The molecule has 0 amide bonds. The lowest BCUT2D eigenvalue weighted by Crippen LogP contribution is -2.44. The van der Waals surface area contributed by atoms with Gasteiger partial charge >= 0.3 is 5.97 Å². The molecule has 3 aromatic rings. The Labute approximate surface area is 170 Å². The van der Waals surface area contributed by atoms with Gasteiger partial charge in [0.1, 0.15) is 16.2 Å². The number of thiazole rings is 1. The van der Waals surface area contributed by atoms with Crippen LogP contribution in [0.25, 0.3) is 15.7 Å². The van der Waals surface area contributed by atoms with Gasteiger partial charge in [0.15, 0.2) is 0 Å². The van der Waals surface area contributed by atoms with Crippen LogP contribution in [0.1, 0.15) is 33.8 Å². The first-order valence-electron chi connectivity index (χ1n) is 9.95. The fourth-order valence-corrected chi connectivity index (χ4v) is 5.91. The van der Waals surface area contributed by atoms with Crippen LogP contribution in [0, 0.1) is 5.82 Å². The second-order valence-corrected chi connectivity index (χ2v) is 9.02. The van der Waals surface area contributed by atoms with Crippen LogP contribution in [0.5, 0.6) is 0 Å². The highest BCUT2D eigenvalue weighted by atomic mass is 32.1. The zero-order valence-electron chi connectivity index (χ0n) is 16.2. The van der Waals surface area contributed by atoms with Crippen LogP contribution in [0.15, 0.2) is 16.9 Å². The number of aryl methyl sites for hydroxylation is 2. The quantitative estimate of drug-likeness (QED) is 0.697. The number of rotatable bonds is 2. The fraction of sp³-hybridized carbons (Fsp3) is 0.429. The van der Waals surface area contributed by atoms with Crippen molar-refractivity contribution in [3.63, 3.8) is 0 Å². The Bertz CT molecular complexity index is 1210. The van der Waals surface area contributed by atoms with Crippen LogP contribution in [-0.2, 0) is 12.8 Å². The monoisotopic (exact) mass is 415 g/mol. The Hall–Kier alpha value is -2.45. The Kier molecular flexibility index (Phi) is 4.36. The largest absolute Gasteiger partial charge is 0.477 e. The number of fused-ring (bicyclic) bond motifs is 5. The number of hydrogen-bond donors (Lipinski definition) is 1. The second kappa shape index (κ2) is 6.81. The SMILES string of the molecule is CN1CCN(c2cc3c(cc2F)c(=O)c(C(=O)O)c2sc4c(n23)CCCC4)CC1. The number of likely N-dealkylation sites (N-methyl/N-ethyl adjacent to an activating group) is 1. The van der Waals surface area contributed by atoms with Crippen LogP contribution in [-0.4, -0.2) is 53.6 Å². The third kappa shape index (κ3) is 2.85. The predicted octanol–water partition coefficient (Wildman–Crippen LogP) is 2.98. The molecule has 0 unspecified atom stereocenters. The van der Waals surface area contributed by atoms with Crippen LogP contribution in [0.3, 0.4) is 0 Å². The molecule has 0 atom stereocenters. The standard InChI is InChI=1S/C21H22FN3O3S/c1-23-6-8-24(9-7-23)16-11-15-12(10-13(16)22)19(26)18(21(27)28)20-25(15)14-4-2-3-5-17(14)29-20/h10-11H,2-9H2,1H3,(H,27,28). The first-order valence-corrected chi connectivity index (χ1v) is 10.8. The zero-order valence-corrected chi connectivity index (χ0v) is 17.0. The zero-order chi connectivity index (χ0) is 20.3. The predicted molar refractivity (Wildman–Crippen MR) is 112 cm³/mol. The van der Waals surface area contributed by atoms with E-state index in [2.05, 4.69) is 4.90 Å². The maximum Gasteiger partial charge on any atom is 0.342 e. The number of carboxylic acid groups (broad SMARTS) is 1. The van der Waals surface area contributed by atoms with Crippen LogP contribution >= 0.6 is 11.3 Å². The number of anilines is 1. The van der Waals surface area contributed by atoms with Gasteiger partial charge in [-0.25, -0.2) is 9.18 Å². The minimum Gasteiger partial charge on any atom is -0.477 e. The molecule has 0 radical (unpaired) electrons. The van der Waals surface area contributed by atoms with Crippen molar-refractivity contribution < 1.29 is 14.3 Å². The molecule has 1 fully saturated rings. The summed E-state index contributed by atoms with van der Waals surface area (Å²) >= 11 is 1.40. The first kappa shape index (κ1) is 18.6. The average molecular weight is 415 g/mol. The highest BCUT2D eigenvalue weighted by Gasteiger charge is 2.27. The van der Waals surface area contributed by atoms with E-state index in [1.165, 1.54) is 17.4 Å². The molecule has 8 heteroatoms. The molecule has 2 aliphatic rings. The van der Waals surface area contributed by atoms with Crippen molar-refractivity contribution in [2.24, 2.45) is 0 Å². The number of piperazine rings is 1. The number of pyridine rings is 1. The number of nitrogens with zero attached hydrogens (tertiary/aromatic N) is 3. The molecule has 5 rings (SSSR count). The van der Waals surface area contributed by atoms with Gasteiger partial charge in [-0.15, -0.1) is 11.3 Å². The summed E-state index contributed by atoms with van der Waals surface area (Å²) in [5, 5.41) is 9.86. The van der Waals surface area contributed by atoms with Crippen LogP contribution < -0.4 is 10.3 Å². The number of benzene rings is 1. The van der Waals surface area contributed by atoms with Crippen molar-refractivity contribution in [2.75, 3.05) is 38.1 Å². The Morgan fingerprint density at radius 1 is 1.14 bits per heavy atom. The minimum atomic E-state index is -1.25. The normalized spacial score (nSPS) is 17.8. The highest BCUT2D eigenvalue weighted by molar-refractivity contribution is 7.18. The van der Waals surface area contributed by atoms with Gasteiger partial charge in [0.2, 0.25) is 5.43 Å². The molecule has 1 aromatic carbocycles. The Balaban J connectivity index is 1.84. The van der Waals surface area contributed by atoms with Gasteiger partial charge in [0.25, 0.3) is 0 Å². The third-order valence-electron chi connectivity index (χ3n) is 6.13. The third-order valence-corrected chi connectivity index (χ3v) is 7.40. The highest BCUT2D eigenvalue weighted by Crippen LogP contribution is 2.35. The molecule has 1 N–H and O–H groups in total. The minimum absolute atomic E-state index is 0.140. The summed E-state index contributed by atoms with van der Waals surface area (Å²) in [6, 6.07) is 2.98. The first-order chi connectivity index (χ1) is 14.0. The molecule has 29 heavy (non-hydrogen) atoms. The molecule has 0 spiro atoms. The molecule has 2 aromatic heterocycles. The molecule has 0 bridgehead atoms. The van der Waals surface area contributed by atoms with Gasteiger partial charge < -0.3 is 19.3 Å². The number of halogens is 1. The maximum atomic E-state index is 15.0. The lowest BCUT2D eigenvalue weighted by Gasteiger charge is -2.34. The van der Waals surface area contributed by atoms with Gasteiger partial charge in [0, 0.05) is 36.8 Å². The topological polar surface area (TPSA) is 65.3 Å². The summed E-state index contributed by atoms with van der Waals surface area (Å²) in [6.07, 6.45) is 3.82. The molecule has 1 aliphatic carbocycles. The van der Waals surface area contributed by atoms with Crippen molar-refractivity contribution in [3.05, 3.63) is 44.3 Å². The maximum absolute atomic E-state index is 15.0. The smallest absolute Gasteiger partial charge is 0.342 e. The molecular weight excluding hydrogens is 393 g/mol. The van der Waals surface area contributed by atoms with E-state index in [1.807, 2.05) is 16.3 Å². The summed E-state index contributed by atoms with van der Waals surface area (Å²) < 4.78 is 16.9. The van der Waals surface area contributed by atoms with Crippen molar-refractivity contribution in [1.29, 1.82) is 0 Å². The van der Waals surface area contributed by atoms with E-state index in [4.69, 9.17) is 0 Å². The molecular formula is C21H22FN3O3S. The van der Waals surface area contributed by atoms with Gasteiger partial charge in [-0.3, -0.25) is 4.79 Å². The molecule has 3 heterocycles. The van der Waals surface area contributed by atoms with E-state index in [0.717, 1.165) is 49.3 Å². The number of carbonyl (C=O) groups is 1.